The van der Waals surface area contributed by atoms with E-state index in [2.05, 4.69) is 10.5 Å². The first-order chi connectivity index (χ1) is 18.3. The minimum atomic E-state index is -4.17. The van der Waals surface area contributed by atoms with Gasteiger partial charge in [0.2, 0.25) is 10.0 Å². The Morgan fingerprint density at radius 2 is 1.54 bits per heavy atom. The zero-order valence-electron chi connectivity index (χ0n) is 21.9. The highest BCUT2D eigenvalue weighted by Gasteiger charge is 2.10. The zero-order valence-corrected chi connectivity index (χ0v) is 23.5. The predicted octanol–water partition coefficient (Wildman–Crippen LogP) is 1.50. The third-order valence-electron chi connectivity index (χ3n) is 5.62. The first kappa shape index (κ1) is 34.9. The van der Waals surface area contributed by atoms with Gasteiger partial charge in [-0.1, -0.05) is 37.5 Å². The van der Waals surface area contributed by atoms with Gasteiger partial charge in [0.1, 0.15) is 5.75 Å². The highest BCUT2D eigenvalue weighted by atomic mass is 32.2. The number of aliphatic hydroxyl groups is 2. The third-order valence-corrected chi connectivity index (χ3v) is 6.53. The first-order valence-corrected chi connectivity index (χ1v) is 15.6. The van der Waals surface area contributed by atoms with Gasteiger partial charge in [-0.25, -0.2) is 18.7 Å². The second-order valence-electron chi connectivity index (χ2n) is 8.96. The lowest BCUT2D eigenvalue weighted by molar-refractivity contribution is 0.127. The number of nitrogens with one attached hydrogen (secondary N) is 1. The highest BCUT2D eigenvalue weighted by molar-refractivity contribution is 7.89. The minimum Gasteiger partial charge on any atom is -0.508 e. The van der Waals surface area contributed by atoms with Gasteiger partial charge in [-0.3, -0.25) is 4.55 Å². The molecular formula is C25H41N3O9S2. The molecule has 1 atom stereocenters. The fourth-order valence-corrected chi connectivity index (χ4v) is 4.22. The van der Waals surface area contributed by atoms with E-state index < -0.39 is 26.4 Å². The maximum atomic E-state index is 11.4. The molecule has 0 unspecified atom stereocenters. The second-order valence-corrected chi connectivity index (χ2v) is 11.5. The number of aryl methyl sites for hydroxylation is 1. The third kappa shape index (κ3) is 17.2. The molecule has 0 aliphatic carbocycles. The fraction of sp³-hybridized carbons (Fsp3) is 0.520. The number of aliphatic hydroxyl groups excluding tert-OH is 2. The molecule has 2 rings (SSSR count). The summed E-state index contributed by atoms with van der Waals surface area (Å²) >= 11 is 0. The zero-order chi connectivity index (χ0) is 29.3. The summed E-state index contributed by atoms with van der Waals surface area (Å²) < 4.78 is 53.7. The van der Waals surface area contributed by atoms with Gasteiger partial charge in [0.15, 0.2) is 0 Å². The Morgan fingerprint density at radius 3 is 2.21 bits per heavy atom. The monoisotopic (exact) mass is 591 g/mol. The van der Waals surface area contributed by atoms with Gasteiger partial charge in [-0.05, 0) is 67.6 Å². The van der Waals surface area contributed by atoms with Crippen LogP contribution in [0.4, 0.5) is 0 Å². The molecule has 2 aromatic carbocycles. The molecule has 14 heteroatoms. The Labute approximate surface area is 230 Å². The molecule has 0 amide bonds. The van der Waals surface area contributed by atoms with Gasteiger partial charge in [0.05, 0.1) is 17.6 Å². The van der Waals surface area contributed by atoms with Crippen molar-refractivity contribution < 1.29 is 41.4 Å². The summed E-state index contributed by atoms with van der Waals surface area (Å²) in [6, 6.07) is 11.5. The van der Waals surface area contributed by atoms with Crippen LogP contribution in [0, 0.1) is 0 Å². The topological polar surface area (TPSA) is 222 Å². The molecule has 222 valence electrons. The SMILES string of the molecule is NS(=O)(=O)O.NS(=O)(=O)c1cccc(CCCOCCCCCCCNC[C@H](O)c2ccc(O)c(CO)c2)c1. The molecule has 39 heavy (non-hydrogen) atoms. The fourth-order valence-electron chi connectivity index (χ4n) is 3.64. The normalized spacial score (nSPS) is 12.5. The Kier molecular flexibility index (Phi) is 16.3. The second kappa shape index (κ2) is 18.3. The van der Waals surface area contributed by atoms with Crippen LogP contribution in [0.25, 0.3) is 0 Å². The van der Waals surface area contributed by atoms with Crippen LogP contribution in [0.1, 0.15) is 61.3 Å². The lowest BCUT2D eigenvalue weighted by Crippen LogP contribution is -2.22. The molecule has 12 nitrogen and oxygen atoms in total. The van der Waals surface area contributed by atoms with E-state index >= 15 is 0 Å². The maximum absolute atomic E-state index is 11.4. The van der Waals surface area contributed by atoms with E-state index in [9.17, 15) is 23.7 Å². The van der Waals surface area contributed by atoms with E-state index in [1.807, 2.05) is 6.07 Å². The van der Waals surface area contributed by atoms with Crippen molar-refractivity contribution >= 4 is 20.3 Å². The molecule has 0 spiro atoms. The summed E-state index contributed by atoms with van der Waals surface area (Å²) in [5.74, 6) is 0.0324. The number of rotatable bonds is 17. The molecule has 0 radical (unpaired) electrons. The van der Waals surface area contributed by atoms with Crippen LogP contribution in [0.5, 0.6) is 5.75 Å². The lowest BCUT2D eigenvalue weighted by Gasteiger charge is -2.14. The van der Waals surface area contributed by atoms with Crippen molar-refractivity contribution in [2.45, 2.75) is 62.6 Å². The summed E-state index contributed by atoms with van der Waals surface area (Å²) in [5, 5.41) is 41.3. The number of sulfonamides is 1. The number of phenols is 1. The molecule has 9 N–H and O–H groups in total. The molecular weight excluding hydrogens is 550 g/mol. The molecule has 2 aromatic rings. The molecule has 0 saturated carbocycles. The van der Waals surface area contributed by atoms with E-state index in [1.165, 1.54) is 12.1 Å². The van der Waals surface area contributed by atoms with Crippen LogP contribution in [0.3, 0.4) is 0 Å². The number of unbranched alkanes of at least 4 members (excludes halogenated alkanes) is 4. The molecule has 0 bridgehead atoms. The number of ether oxygens (including phenoxy) is 1. The van der Waals surface area contributed by atoms with Crippen molar-refractivity contribution in [2.24, 2.45) is 10.3 Å². The van der Waals surface area contributed by atoms with Crippen LogP contribution in [-0.2, 0) is 38.1 Å². The number of primary sulfonamides is 1. The van der Waals surface area contributed by atoms with E-state index in [4.69, 9.17) is 22.8 Å². The number of nitrogens with two attached hydrogens (primary N) is 2. The van der Waals surface area contributed by atoms with Crippen molar-refractivity contribution in [3.63, 3.8) is 0 Å². The summed E-state index contributed by atoms with van der Waals surface area (Å²) in [6.45, 7) is 2.36. The maximum Gasteiger partial charge on any atom is 0.330 e. The minimum absolute atomic E-state index is 0.0324. The largest absolute Gasteiger partial charge is 0.508 e. The van der Waals surface area contributed by atoms with Gasteiger partial charge >= 0.3 is 10.3 Å². The lowest BCUT2D eigenvalue weighted by atomic mass is 10.1. The van der Waals surface area contributed by atoms with Crippen LogP contribution in [0.2, 0.25) is 0 Å². The standard InChI is InChI=1S/C25H38N2O6S.H3NO3S/c26-34(31,32)23-10-6-8-20(16-23)9-7-15-33-14-5-3-1-2-4-13-27-18-25(30)21-11-12-24(29)22(17-21)19-28;1-5(2,3)4/h6,8,10-12,16-17,25,27-30H,1-5,7,9,13-15,18-19H2,(H2,26,31,32);(H3,1,2,3,4)/t25-;/m0./s1. The van der Waals surface area contributed by atoms with Gasteiger partial charge in [0, 0.05) is 25.3 Å². The smallest absolute Gasteiger partial charge is 0.330 e. The van der Waals surface area contributed by atoms with E-state index in [-0.39, 0.29) is 17.3 Å². The highest BCUT2D eigenvalue weighted by Crippen LogP contribution is 2.22. The molecule has 0 aliphatic rings. The molecule has 0 aromatic heterocycles. The Bertz CT molecular complexity index is 1190. The van der Waals surface area contributed by atoms with Crippen LogP contribution >= 0.6 is 0 Å². The van der Waals surface area contributed by atoms with E-state index in [0.29, 0.717) is 24.3 Å². The summed E-state index contributed by atoms with van der Waals surface area (Å²) in [6.07, 6.45) is 6.29. The Balaban J connectivity index is 0.00000139. The van der Waals surface area contributed by atoms with Crippen molar-refractivity contribution in [1.29, 1.82) is 0 Å². The molecule has 0 fully saturated rings. The predicted molar refractivity (Wildman–Crippen MR) is 148 cm³/mol. The van der Waals surface area contributed by atoms with Gasteiger partial charge in [0.25, 0.3) is 0 Å². The summed E-state index contributed by atoms with van der Waals surface area (Å²) in [7, 11) is -7.83. The average Bonchev–Trinajstić information content (AvgIpc) is 2.85. The van der Waals surface area contributed by atoms with Crippen molar-refractivity contribution in [1.82, 2.24) is 5.32 Å². The van der Waals surface area contributed by atoms with Gasteiger partial charge < -0.3 is 25.4 Å². The average molecular weight is 592 g/mol. The van der Waals surface area contributed by atoms with Crippen molar-refractivity contribution in [3.8, 4) is 5.75 Å². The van der Waals surface area contributed by atoms with E-state index in [1.54, 1.807) is 24.3 Å². The van der Waals surface area contributed by atoms with Crippen LogP contribution < -0.4 is 15.6 Å². The van der Waals surface area contributed by atoms with Crippen molar-refractivity contribution in [2.75, 3.05) is 26.3 Å². The van der Waals surface area contributed by atoms with E-state index in [0.717, 1.165) is 63.7 Å². The van der Waals surface area contributed by atoms with Crippen LogP contribution in [0.15, 0.2) is 47.4 Å². The van der Waals surface area contributed by atoms with Crippen molar-refractivity contribution in [3.05, 3.63) is 59.2 Å². The summed E-state index contributed by atoms with van der Waals surface area (Å²) in [5.41, 5.74) is 2.02. The number of hydrogen-bond donors (Lipinski definition) is 7. The quantitative estimate of drug-likeness (QED) is 0.104. The number of hydrogen-bond acceptors (Lipinski definition) is 9. The van der Waals surface area contributed by atoms with Gasteiger partial charge in [-0.2, -0.15) is 8.42 Å². The molecule has 0 saturated heterocycles. The number of benzene rings is 2. The number of aromatic hydroxyl groups is 1. The Hall–Kier alpha value is -2.14. The Morgan fingerprint density at radius 1 is 0.897 bits per heavy atom. The summed E-state index contributed by atoms with van der Waals surface area (Å²) in [4.78, 5) is 0.145. The molecule has 0 heterocycles. The first-order valence-electron chi connectivity index (χ1n) is 12.6. The van der Waals surface area contributed by atoms with Crippen LogP contribution in [-0.4, -0.2) is 63.0 Å². The molecule has 0 aliphatic heterocycles. The van der Waals surface area contributed by atoms with Gasteiger partial charge in [-0.15, -0.1) is 0 Å².